The van der Waals surface area contributed by atoms with E-state index < -0.39 is 0 Å². The molecule has 0 aromatic carbocycles. The van der Waals surface area contributed by atoms with E-state index in [0.717, 1.165) is 23.4 Å². The van der Waals surface area contributed by atoms with Gasteiger partial charge in [0.15, 0.2) is 0 Å². The third-order valence-electron chi connectivity index (χ3n) is 3.10. The van der Waals surface area contributed by atoms with E-state index in [-0.39, 0.29) is 11.1 Å². The average molecular weight is 354 g/mol. The Kier molecular flexibility index (Phi) is 6.00. The maximum atomic E-state index is 4.66. The Morgan fingerprint density at radius 1 is 1.29 bits per heavy atom. The lowest BCUT2D eigenvalue weighted by Crippen LogP contribution is -2.43. The van der Waals surface area contributed by atoms with E-state index in [9.17, 15) is 0 Å². The maximum absolute atomic E-state index is 4.66. The van der Waals surface area contributed by atoms with Crippen molar-refractivity contribution >= 4 is 21.7 Å². The van der Waals surface area contributed by atoms with Crippen LogP contribution in [0.1, 0.15) is 47.1 Å². The van der Waals surface area contributed by atoms with E-state index in [1.165, 1.54) is 5.56 Å². The lowest BCUT2D eigenvalue weighted by atomic mass is 10.0. The Balaban J connectivity index is 3.17. The van der Waals surface area contributed by atoms with E-state index in [2.05, 4.69) is 85.3 Å². The first kappa shape index (κ1) is 18.2. The second-order valence-electron chi connectivity index (χ2n) is 7.31. The predicted molar refractivity (Wildman–Crippen MR) is 95.8 cm³/mol. The Labute approximate surface area is 138 Å². The topological polar surface area (TPSA) is 28.2 Å². The quantitative estimate of drug-likeness (QED) is 0.788. The van der Waals surface area contributed by atoms with Gasteiger partial charge in [-0.2, -0.15) is 0 Å². The summed E-state index contributed by atoms with van der Waals surface area (Å²) in [6, 6.07) is 2.14. The van der Waals surface area contributed by atoms with Gasteiger partial charge in [-0.1, -0.05) is 6.08 Å². The average Bonchev–Trinajstić information content (AvgIpc) is 2.32. The molecule has 0 atom stereocenters. The van der Waals surface area contributed by atoms with Crippen molar-refractivity contribution in [2.75, 3.05) is 11.4 Å². The number of halogens is 1. The molecular weight excluding hydrogens is 326 g/mol. The van der Waals surface area contributed by atoms with E-state index in [1.54, 1.807) is 0 Å². The SMILES string of the molecule is C=CCN(c1ncc(Br)cc1CNC(C)(C)C)C(C)(C)C. The Morgan fingerprint density at radius 3 is 2.38 bits per heavy atom. The van der Waals surface area contributed by atoms with Crippen LogP contribution in [0.3, 0.4) is 0 Å². The molecule has 1 aromatic rings. The van der Waals surface area contributed by atoms with Crippen LogP contribution in [0.25, 0.3) is 0 Å². The van der Waals surface area contributed by atoms with Gasteiger partial charge >= 0.3 is 0 Å². The molecule has 0 aliphatic rings. The number of nitrogens with zero attached hydrogens (tertiary/aromatic N) is 2. The van der Waals surface area contributed by atoms with Gasteiger partial charge in [0.2, 0.25) is 0 Å². The van der Waals surface area contributed by atoms with Crippen molar-refractivity contribution in [2.45, 2.75) is 59.2 Å². The summed E-state index contributed by atoms with van der Waals surface area (Å²) in [6.07, 6.45) is 3.79. The zero-order valence-electron chi connectivity index (χ0n) is 14.1. The van der Waals surface area contributed by atoms with Gasteiger partial charge in [0.1, 0.15) is 5.82 Å². The fraction of sp³-hybridized carbons (Fsp3) is 0.588. The highest BCUT2D eigenvalue weighted by atomic mass is 79.9. The lowest BCUT2D eigenvalue weighted by molar-refractivity contribution is 0.422. The second-order valence-corrected chi connectivity index (χ2v) is 8.23. The molecule has 0 saturated carbocycles. The molecule has 0 aliphatic carbocycles. The summed E-state index contributed by atoms with van der Waals surface area (Å²) in [5, 5.41) is 3.54. The predicted octanol–water partition coefficient (Wildman–Crippen LogP) is 4.52. The molecule has 0 radical (unpaired) electrons. The Hall–Kier alpha value is -0.870. The van der Waals surface area contributed by atoms with Crippen LogP contribution in [0.5, 0.6) is 0 Å². The normalized spacial score (nSPS) is 12.3. The molecule has 0 saturated heterocycles. The first-order valence-corrected chi connectivity index (χ1v) is 8.12. The third-order valence-corrected chi connectivity index (χ3v) is 3.53. The fourth-order valence-corrected chi connectivity index (χ4v) is 2.39. The smallest absolute Gasteiger partial charge is 0.133 e. The van der Waals surface area contributed by atoms with Crippen LogP contribution in [0.2, 0.25) is 0 Å². The molecule has 1 N–H and O–H groups in total. The van der Waals surface area contributed by atoms with Crippen molar-refractivity contribution < 1.29 is 0 Å². The molecule has 4 heteroatoms. The minimum atomic E-state index is -0.00843. The highest BCUT2D eigenvalue weighted by Gasteiger charge is 2.24. The van der Waals surface area contributed by atoms with Crippen LogP contribution in [0.15, 0.2) is 29.4 Å². The molecule has 0 aliphatic heterocycles. The Bertz CT molecular complexity index is 484. The van der Waals surface area contributed by atoms with Gasteiger partial charge in [0, 0.05) is 40.4 Å². The third kappa shape index (κ3) is 5.79. The highest BCUT2D eigenvalue weighted by Crippen LogP contribution is 2.27. The summed E-state index contributed by atoms with van der Waals surface area (Å²) >= 11 is 3.53. The first-order chi connectivity index (χ1) is 9.54. The number of rotatable bonds is 5. The molecule has 1 aromatic heterocycles. The van der Waals surface area contributed by atoms with Crippen LogP contribution < -0.4 is 10.2 Å². The number of hydrogen-bond donors (Lipinski definition) is 1. The van der Waals surface area contributed by atoms with Crippen molar-refractivity contribution in [1.82, 2.24) is 10.3 Å². The molecule has 1 heterocycles. The second kappa shape index (κ2) is 6.93. The van der Waals surface area contributed by atoms with Gasteiger partial charge in [-0.3, -0.25) is 0 Å². The molecule has 3 nitrogen and oxygen atoms in total. The van der Waals surface area contributed by atoms with E-state index in [0.29, 0.717) is 0 Å². The van der Waals surface area contributed by atoms with Gasteiger partial charge in [-0.15, -0.1) is 6.58 Å². The van der Waals surface area contributed by atoms with Crippen molar-refractivity contribution in [1.29, 1.82) is 0 Å². The molecule has 0 fully saturated rings. The zero-order valence-corrected chi connectivity index (χ0v) is 15.7. The molecule has 0 bridgehead atoms. The van der Waals surface area contributed by atoms with Crippen molar-refractivity contribution in [3.05, 3.63) is 35.0 Å². The van der Waals surface area contributed by atoms with Gasteiger partial charge < -0.3 is 10.2 Å². The van der Waals surface area contributed by atoms with Crippen LogP contribution in [0, 0.1) is 0 Å². The lowest BCUT2D eigenvalue weighted by Gasteiger charge is -2.37. The summed E-state index contributed by atoms with van der Waals surface area (Å²) < 4.78 is 1.00. The molecule has 0 unspecified atom stereocenters. The number of hydrogen-bond acceptors (Lipinski definition) is 3. The number of aromatic nitrogens is 1. The first-order valence-electron chi connectivity index (χ1n) is 7.32. The maximum Gasteiger partial charge on any atom is 0.133 e. The molecule has 0 amide bonds. The van der Waals surface area contributed by atoms with Crippen LogP contribution in [-0.2, 0) is 6.54 Å². The summed E-state index contributed by atoms with van der Waals surface area (Å²) in [7, 11) is 0. The molecular formula is C17H28BrN3. The zero-order chi connectivity index (χ0) is 16.3. The van der Waals surface area contributed by atoms with E-state index in [4.69, 9.17) is 0 Å². The molecule has 1 rings (SSSR count). The van der Waals surface area contributed by atoms with E-state index >= 15 is 0 Å². The number of nitrogens with one attached hydrogen (secondary N) is 1. The van der Waals surface area contributed by atoms with Crippen LogP contribution in [0.4, 0.5) is 5.82 Å². The standard InChI is InChI=1S/C17H28BrN3/c1-8-9-21(17(5,6)7)15-13(10-14(18)12-19-15)11-20-16(2,3)4/h8,10,12,20H,1,9,11H2,2-7H3. The summed E-state index contributed by atoms with van der Waals surface area (Å²) in [4.78, 5) is 6.94. The number of pyridine rings is 1. The Morgan fingerprint density at radius 2 is 1.90 bits per heavy atom. The van der Waals surface area contributed by atoms with Crippen molar-refractivity contribution in [3.63, 3.8) is 0 Å². The van der Waals surface area contributed by atoms with Crippen LogP contribution in [-0.4, -0.2) is 22.6 Å². The largest absolute Gasteiger partial charge is 0.348 e. The summed E-state index contributed by atoms with van der Waals surface area (Å²) in [6.45, 7) is 18.5. The molecule has 21 heavy (non-hydrogen) atoms. The minimum Gasteiger partial charge on any atom is -0.348 e. The minimum absolute atomic E-state index is 0.00843. The van der Waals surface area contributed by atoms with E-state index in [1.807, 2.05) is 12.3 Å². The van der Waals surface area contributed by atoms with Crippen LogP contribution >= 0.6 is 15.9 Å². The van der Waals surface area contributed by atoms with Gasteiger partial charge in [0.25, 0.3) is 0 Å². The summed E-state index contributed by atoms with van der Waals surface area (Å²) in [5.41, 5.74) is 1.26. The fourth-order valence-electron chi connectivity index (χ4n) is 2.01. The monoisotopic (exact) mass is 353 g/mol. The van der Waals surface area contributed by atoms with Crippen molar-refractivity contribution in [2.24, 2.45) is 0 Å². The highest BCUT2D eigenvalue weighted by molar-refractivity contribution is 9.10. The molecule has 118 valence electrons. The molecule has 0 spiro atoms. The van der Waals surface area contributed by atoms with Crippen molar-refractivity contribution in [3.8, 4) is 0 Å². The van der Waals surface area contributed by atoms with Gasteiger partial charge in [-0.05, 0) is 63.5 Å². The van der Waals surface area contributed by atoms with Gasteiger partial charge in [-0.25, -0.2) is 4.98 Å². The number of anilines is 1. The summed E-state index contributed by atoms with van der Waals surface area (Å²) in [5.74, 6) is 1.02. The van der Waals surface area contributed by atoms with Gasteiger partial charge in [0.05, 0.1) is 0 Å².